The molecule has 5 nitrogen and oxygen atoms in total. The monoisotopic (exact) mass is 420 g/mol. The Morgan fingerprint density at radius 2 is 1.89 bits per heavy atom. The Hall–Kier alpha value is -2.14. The molecule has 11 heteroatoms. The summed E-state index contributed by atoms with van der Waals surface area (Å²) in [5.41, 5.74) is -0.808. The Labute approximate surface area is 153 Å². The lowest BCUT2D eigenvalue weighted by Gasteiger charge is -2.91. The van der Waals surface area contributed by atoms with Crippen LogP contribution >= 0.6 is 20.8 Å². The van der Waals surface area contributed by atoms with Crippen LogP contribution in [0.4, 0.5) is 22.7 Å². The largest absolute Gasteiger partial charge is 0.293 e. The molecule has 4 aliphatic rings. The van der Waals surface area contributed by atoms with Crippen LogP contribution in [-0.2, 0) is 8.37 Å². The van der Waals surface area contributed by atoms with Gasteiger partial charge in [0.2, 0.25) is 11.5 Å². The zero-order chi connectivity index (χ0) is 19.3. The van der Waals surface area contributed by atoms with Crippen molar-refractivity contribution in [1.29, 1.82) is 0 Å². The number of hydrogen-bond donors (Lipinski definition) is 1. The molecule has 3 fully saturated rings. The van der Waals surface area contributed by atoms with Crippen molar-refractivity contribution in [2.45, 2.75) is 11.2 Å². The van der Waals surface area contributed by atoms with Gasteiger partial charge in [-0.25, -0.2) is 26.5 Å². The van der Waals surface area contributed by atoms with E-state index >= 15 is 3.89 Å². The highest BCUT2D eigenvalue weighted by Gasteiger charge is 2.86. The van der Waals surface area contributed by atoms with Gasteiger partial charge in [0.15, 0.2) is 17.5 Å². The molecule has 2 aromatic rings. The highest BCUT2D eigenvalue weighted by molar-refractivity contribution is 8.66. The molecule has 0 unspecified atom stereocenters. The number of aliphatic imine (C=N–C) groups is 1. The van der Waals surface area contributed by atoms with Gasteiger partial charge >= 0.3 is 0 Å². The molecule has 0 aromatic heterocycles. The maximum absolute atomic E-state index is 16.5. The lowest BCUT2D eigenvalue weighted by molar-refractivity contribution is -0.141. The average molecular weight is 421 g/mol. The molecule has 4 aliphatic heterocycles. The SMILES string of the molecule is O=C(NC1=Nc2c(cc(F)c(F)c2F)S123(F)CC(O2)O3)c1ccccc1Cl. The number of amides is 1. The van der Waals surface area contributed by atoms with Gasteiger partial charge in [0.05, 0.1) is 15.5 Å². The van der Waals surface area contributed by atoms with Crippen LogP contribution in [0.5, 0.6) is 0 Å². The molecule has 1 N–H and O–H groups in total. The molecule has 142 valence electrons. The first-order chi connectivity index (χ1) is 12.6. The van der Waals surface area contributed by atoms with Crippen LogP contribution < -0.4 is 5.32 Å². The van der Waals surface area contributed by atoms with Crippen LogP contribution in [0.2, 0.25) is 5.02 Å². The maximum Gasteiger partial charge on any atom is 0.259 e. The molecule has 0 saturated carbocycles. The Kier molecular flexibility index (Phi) is 2.81. The summed E-state index contributed by atoms with van der Waals surface area (Å²) in [6.45, 7) is 0. The zero-order valence-electron chi connectivity index (χ0n) is 13.1. The van der Waals surface area contributed by atoms with Crippen LogP contribution in [0.25, 0.3) is 0 Å². The molecule has 6 rings (SSSR count). The lowest BCUT2D eigenvalue weighted by Crippen LogP contribution is -2.74. The number of halogens is 5. The van der Waals surface area contributed by atoms with Crippen LogP contribution in [0, 0.1) is 17.5 Å². The highest BCUT2D eigenvalue weighted by Crippen LogP contribution is 3.12. The van der Waals surface area contributed by atoms with Crippen molar-refractivity contribution >= 4 is 37.6 Å². The molecule has 4 heterocycles. The minimum absolute atomic E-state index is 0.00796. The smallest absolute Gasteiger partial charge is 0.259 e. The number of fused-ring (bicyclic) bond motifs is 1. The second-order valence-electron chi connectivity index (χ2n) is 6.39. The van der Waals surface area contributed by atoms with E-state index in [1.54, 1.807) is 6.07 Å². The number of benzene rings is 2. The van der Waals surface area contributed by atoms with Gasteiger partial charge in [-0.15, -0.1) is 13.1 Å². The third-order valence-electron chi connectivity index (χ3n) is 4.84. The normalized spacial score (nSPS) is 27.0. The predicted octanol–water partition coefficient (Wildman–Crippen LogP) is 4.52. The number of rotatable bonds is 1. The fraction of sp³-hybridized carbons (Fsp3) is 0.125. The molecule has 2 aromatic carbocycles. The molecule has 27 heavy (non-hydrogen) atoms. The van der Waals surface area contributed by atoms with Crippen molar-refractivity contribution in [1.82, 2.24) is 5.32 Å². The van der Waals surface area contributed by atoms with Crippen LogP contribution in [0.3, 0.4) is 0 Å². The summed E-state index contributed by atoms with van der Waals surface area (Å²) in [6, 6.07) is 6.39. The number of hydrogen-bond acceptors (Lipinski definition) is 4. The third kappa shape index (κ3) is 1.70. The van der Waals surface area contributed by atoms with Crippen molar-refractivity contribution < 1.29 is 30.2 Å². The molecular weight excluding hydrogens is 412 g/mol. The van der Waals surface area contributed by atoms with Gasteiger partial charge in [0.25, 0.3) is 5.91 Å². The Morgan fingerprint density at radius 1 is 1.22 bits per heavy atom. The first-order valence-electron chi connectivity index (χ1n) is 7.63. The van der Waals surface area contributed by atoms with Gasteiger partial charge in [0.1, 0.15) is 11.4 Å². The van der Waals surface area contributed by atoms with E-state index in [-0.39, 0.29) is 16.3 Å². The van der Waals surface area contributed by atoms with Crippen LogP contribution in [-0.4, -0.2) is 23.1 Å². The summed E-state index contributed by atoms with van der Waals surface area (Å²) in [7, 11) is -5.81. The second kappa shape index (κ2) is 4.46. The Morgan fingerprint density at radius 3 is 2.48 bits per heavy atom. The third-order valence-corrected chi connectivity index (χ3v) is 10.1. The number of carbonyl (C=O) groups excluding carboxylic acids is 1. The van der Waals surface area contributed by atoms with Crippen molar-refractivity contribution in [3.8, 4) is 0 Å². The summed E-state index contributed by atoms with van der Waals surface area (Å²) in [5.74, 6) is -6.37. The second-order valence-corrected chi connectivity index (χ2v) is 11.2. The van der Waals surface area contributed by atoms with E-state index < -0.39 is 54.6 Å². The number of nitrogens with zero attached hydrogens (tertiary/aromatic N) is 1. The molecule has 1 amide bonds. The van der Waals surface area contributed by atoms with Gasteiger partial charge < -0.3 is 0 Å². The van der Waals surface area contributed by atoms with E-state index in [2.05, 4.69) is 10.3 Å². The summed E-state index contributed by atoms with van der Waals surface area (Å²) >= 11 is 5.95. The standard InChI is InChI=1S/C16H9ClF4N2O3S/c17-8-4-2-1-3-7(8)15(24)23-16-22-14-10(5-9(18)12(19)13(14)20)27(16,21)6-11(25-27)26-27/h1-5,11H,6H2,(H,22,23,24). The van der Waals surface area contributed by atoms with E-state index in [1.165, 1.54) is 18.2 Å². The highest BCUT2D eigenvalue weighted by atomic mass is 35.5. The molecule has 2 bridgehead atoms. The van der Waals surface area contributed by atoms with Crippen LogP contribution in [0.15, 0.2) is 40.2 Å². The summed E-state index contributed by atoms with van der Waals surface area (Å²) in [5, 5.41) is 1.53. The maximum atomic E-state index is 16.5. The van der Waals surface area contributed by atoms with Crippen molar-refractivity contribution in [2.75, 3.05) is 5.75 Å². The molecule has 0 atom stereocenters. The van der Waals surface area contributed by atoms with Gasteiger partial charge in [-0.1, -0.05) is 23.7 Å². The first kappa shape index (κ1) is 17.0. The minimum Gasteiger partial charge on any atom is -0.293 e. The zero-order valence-corrected chi connectivity index (χ0v) is 14.7. The van der Waals surface area contributed by atoms with E-state index in [1.807, 2.05) is 0 Å². The minimum atomic E-state index is -5.81. The average Bonchev–Trinajstić information content (AvgIpc) is 2.83. The number of nitrogens with one attached hydrogen (secondary N) is 1. The number of amidine groups is 1. The quantitative estimate of drug-likeness (QED) is 0.545. The summed E-state index contributed by atoms with van der Waals surface area (Å²) < 4.78 is 68.5. The Bertz CT molecular complexity index is 1120. The van der Waals surface area contributed by atoms with Gasteiger partial charge in [-0.05, 0) is 12.1 Å². The van der Waals surface area contributed by atoms with Crippen molar-refractivity contribution in [2.24, 2.45) is 4.99 Å². The topological polar surface area (TPSA) is 59.9 Å². The van der Waals surface area contributed by atoms with Gasteiger partial charge in [-0.3, -0.25) is 10.1 Å². The predicted molar refractivity (Wildman–Crippen MR) is 90.1 cm³/mol. The summed E-state index contributed by atoms with van der Waals surface area (Å²) in [6.07, 6.45) is -0.929. The number of carbonyl (C=O) groups is 1. The van der Waals surface area contributed by atoms with Crippen molar-refractivity contribution in [3.05, 3.63) is 58.4 Å². The first-order valence-corrected chi connectivity index (χ1v) is 10.4. The molecule has 1 spiro atoms. The molecular formula is C16H9ClF4N2O3S. The fourth-order valence-corrected chi connectivity index (χ4v) is 7.95. The van der Waals surface area contributed by atoms with E-state index in [4.69, 9.17) is 20.0 Å². The van der Waals surface area contributed by atoms with Crippen molar-refractivity contribution in [3.63, 3.8) is 0 Å². The van der Waals surface area contributed by atoms with E-state index in [0.29, 0.717) is 6.07 Å². The fourth-order valence-electron chi connectivity index (χ4n) is 3.51. The van der Waals surface area contributed by atoms with E-state index in [0.717, 1.165) is 0 Å². The Balaban J connectivity index is 1.67. The lowest BCUT2D eigenvalue weighted by atomic mass is 10.2. The molecule has 0 aliphatic carbocycles. The summed E-state index contributed by atoms with van der Waals surface area (Å²) in [4.78, 5) is 15.6. The van der Waals surface area contributed by atoms with Crippen LogP contribution in [0.1, 0.15) is 10.4 Å². The molecule has 0 radical (unpaired) electrons. The van der Waals surface area contributed by atoms with E-state index in [9.17, 15) is 18.0 Å². The van der Waals surface area contributed by atoms with Gasteiger partial charge in [-0.2, -0.15) is 0 Å². The molecule has 3 saturated heterocycles. The van der Waals surface area contributed by atoms with Gasteiger partial charge in [0, 0.05) is 6.07 Å².